The molecule has 1 aliphatic carbocycles. The first kappa shape index (κ1) is 20.6. The Morgan fingerprint density at radius 1 is 1.07 bits per heavy atom. The number of ketones is 1. The number of benzene rings is 2. The highest BCUT2D eigenvalue weighted by Gasteiger charge is 2.40. The molecule has 0 heterocycles. The summed E-state index contributed by atoms with van der Waals surface area (Å²) in [5.74, 6) is -0.545. The van der Waals surface area contributed by atoms with E-state index < -0.39 is 11.9 Å². The van der Waals surface area contributed by atoms with Gasteiger partial charge in [-0.25, -0.2) is 0 Å². The third-order valence-corrected chi connectivity index (χ3v) is 5.32. The summed E-state index contributed by atoms with van der Waals surface area (Å²) in [5.41, 5.74) is 3.72. The molecule has 0 N–H and O–H groups in total. The number of hydrogen-bond acceptors (Lipinski definition) is 5. The molecule has 0 aliphatic heterocycles. The maximum atomic E-state index is 13.1. The Labute approximate surface area is 171 Å². The Balaban J connectivity index is 2.08. The lowest BCUT2D eigenvalue weighted by molar-refractivity contribution is -0.151. The van der Waals surface area contributed by atoms with Crippen LogP contribution in [0.25, 0.3) is 5.57 Å². The van der Waals surface area contributed by atoms with E-state index in [1.54, 1.807) is 33.3 Å². The van der Waals surface area contributed by atoms with Crippen LogP contribution in [0.15, 0.2) is 48.5 Å². The average molecular weight is 394 g/mol. The Bertz CT molecular complexity index is 922. The van der Waals surface area contributed by atoms with Crippen molar-refractivity contribution >= 4 is 17.3 Å². The molecule has 5 nitrogen and oxygen atoms in total. The van der Waals surface area contributed by atoms with E-state index in [0.717, 1.165) is 22.3 Å². The summed E-state index contributed by atoms with van der Waals surface area (Å²) in [6.45, 7) is 3.99. The average Bonchev–Trinajstić information content (AvgIpc) is 2.73. The zero-order valence-corrected chi connectivity index (χ0v) is 17.2. The van der Waals surface area contributed by atoms with Crippen LogP contribution in [0, 0.1) is 12.8 Å². The molecular weight excluding hydrogens is 368 g/mol. The van der Waals surface area contributed by atoms with Gasteiger partial charge in [0, 0.05) is 12.0 Å². The van der Waals surface area contributed by atoms with Crippen molar-refractivity contribution in [2.75, 3.05) is 20.8 Å². The SMILES string of the molecule is CCOC(=O)[C@H]1C(=O)C=C(c2cc(OC)cc(OC)c2)C[C@H]1c1ccccc1C. The van der Waals surface area contributed by atoms with Crippen LogP contribution in [-0.2, 0) is 14.3 Å². The summed E-state index contributed by atoms with van der Waals surface area (Å²) in [7, 11) is 3.18. The molecule has 2 aromatic carbocycles. The van der Waals surface area contributed by atoms with Gasteiger partial charge in [-0.2, -0.15) is 0 Å². The fraction of sp³-hybridized carbons (Fsp3) is 0.333. The first-order valence-corrected chi connectivity index (χ1v) is 9.68. The van der Waals surface area contributed by atoms with Gasteiger partial charge in [0.05, 0.1) is 20.8 Å². The van der Waals surface area contributed by atoms with Gasteiger partial charge in [-0.1, -0.05) is 24.3 Å². The van der Waals surface area contributed by atoms with E-state index in [1.165, 1.54) is 0 Å². The summed E-state index contributed by atoms with van der Waals surface area (Å²) in [6, 6.07) is 13.4. The number of esters is 1. The number of allylic oxidation sites excluding steroid dienone is 2. The number of methoxy groups -OCH3 is 2. The predicted octanol–water partition coefficient (Wildman–Crippen LogP) is 4.33. The second-order valence-corrected chi connectivity index (χ2v) is 7.07. The number of carbonyl (C=O) groups is 2. The van der Waals surface area contributed by atoms with Crippen LogP contribution in [0.3, 0.4) is 0 Å². The van der Waals surface area contributed by atoms with E-state index in [4.69, 9.17) is 14.2 Å². The van der Waals surface area contributed by atoms with Crippen LogP contribution < -0.4 is 9.47 Å². The van der Waals surface area contributed by atoms with Crippen molar-refractivity contribution in [3.8, 4) is 11.5 Å². The van der Waals surface area contributed by atoms with Crippen LogP contribution in [0.5, 0.6) is 11.5 Å². The first-order valence-electron chi connectivity index (χ1n) is 9.68. The Morgan fingerprint density at radius 2 is 1.72 bits per heavy atom. The van der Waals surface area contributed by atoms with E-state index in [1.807, 2.05) is 43.3 Å². The van der Waals surface area contributed by atoms with Crippen molar-refractivity contribution in [3.05, 3.63) is 65.2 Å². The van der Waals surface area contributed by atoms with Gasteiger partial charge in [0.1, 0.15) is 17.4 Å². The smallest absolute Gasteiger partial charge is 0.317 e. The molecule has 2 aromatic rings. The van der Waals surface area contributed by atoms with Crippen molar-refractivity contribution < 1.29 is 23.8 Å². The summed E-state index contributed by atoms with van der Waals surface area (Å²) >= 11 is 0. The Hall–Kier alpha value is -3.08. The van der Waals surface area contributed by atoms with Crippen LogP contribution in [0.1, 0.15) is 36.0 Å². The molecule has 0 amide bonds. The second kappa shape index (κ2) is 8.95. The lowest BCUT2D eigenvalue weighted by atomic mass is 9.72. The normalized spacial score (nSPS) is 18.8. The third-order valence-electron chi connectivity index (χ3n) is 5.32. The fourth-order valence-electron chi connectivity index (χ4n) is 3.87. The zero-order valence-electron chi connectivity index (χ0n) is 17.2. The maximum absolute atomic E-state index is 13.1. The molecule has 1 aliphatic rings. The van der Waals surface area contributed by atoms with E-state index in [2.05, 4.69) is 0 Å². The van der Waals surface area contributed by atoms with Crippen molar-refractivity contribution in [2.45, 2.75) is 26.2 Å². The minimum absolute atomic E-state index is 0.236. The van der Waals surface area contributed by atoms with Gasteiger partial charge in [-0.15, -0.1) is 0 Å². The van der Waals surface area contributed by atoms with Crippen LogP contribution >= 0.6 is 0 Å². The van der Waals surface area contributed by atoms with Crippen molar-refractivity contribution in [1.82, 2.24) is 0 Å². The molecule has 0 radical (unpaired) electrons. The van der Waals surface area contributed by atoms with Crippen molar-refractivity contribution in [2.24, 2.45) is 5.92 Å². The lowest BCUT2D eigenvalue weighted by Gasteiger charge is -2.30. The summed E-state index contributed by atoms with van der Waals surface area (Å²) in [6.07, 6.45) is 2.10. The predicted molar refractivity (Wildman–Crippen MR) is 111 cm³/mol. The number of hydrogen-bond donors (Lipinski definition) is 0. The molecule has 0 saturated carbocycles. The molecule has 0 unspecified atom stereocenters. The largest absolute Gasteiger partial charge is 0.497 e. The number of aryl methyl sites for hydroxylation is 1. The van der Waals surface area contributed by atoms with Crippen molar-refractivity contribution in [1.29, 1.82) is 0 Å². The number of ether oxygens (including phenoxy) is 3. The van der Waals surface area contributed by atoms with Gasteiger partial charge in [0.15, 0.2) is 5.78 Å². The van der Waals surface area contributed by atoms with E-state index in [9.17, 15) is 9.59 Å². The molecule has 2 atom stereocenters. The van der Waals surface area contributed by atoms with Crippen molar-refractivity contribution in [3.63, 3.8) is 0 Å². The van der Waals surface area contributed by atoms with Gasteiger partial charge in [0.25, 0.3) is 0 Å². The molecule has 152 valence electrons. The molecule has 0 aromatic heterocycles. The molecule has 0 bridgehead atoms. The van der Waals surface area contributed by atoms with Crippen LogP contribution in [0.2, 0.25) is 0 Å². The van der Waals surface area contributed by atoms with E-state index in [-0.39, 0.29) is 18.3 Å². The van der Waals surface area contributed by atoms with Gasteiger partial charge in [-0.05, 0) is 60.7 Å². The molecule has 5 heteroatoms. The third kappa shape index (κ3) is 4.34. The highest BCUT2D eigenvalue weighted by atomic mass is 16.5. The molecule has 29 heavy (non-hydrogen) atoms. The van der Waals surface area contributed by atoms with Crippen LogP contribution in [0.4, 0.5) is 0 Å². The summed E-state index contributed by atoms with van der Waals surface area (Å²) in [5, 5.41) is 0. The molecule has 3 rings (SSSR count). The minimum Gasteiger partial charge on any atom is -0.497 e. The fourth-order valence-corrected chi connectivity index (χ4v) is 3.87. The molecule has 0 spiro atoms. The highest BCUT2D eigenvalue weighted by molar-refractivity contribution is 6.10. The maximum Gasteiger partial charge on any atom is 0.317 e. The lowest BCUT2D eigenvalue weighted by Crippen LogP contribution is -2.34. The molecular formula is C24H26O5. The van der Waals surface area contributed by atoms with E-state index >= 15 is 0 Å². The molecule has 0 saturated heterocycles. The quantitative estimate of drug-likeness (QED) is 0.539. The number of carbonyl (C=O) groups excluding carboxylic acids is 2. The van der Waals surface area contributed by atoms with Gasteiger partial charge in [0.2, 0.25) is 0 Å². The summed E-state index contributed by atoms with van der Waals surface area (Å²) in [4.78, 5) is 25.7. The highest BCUT2D eigenvalue weighted by Crippen LogP contribution is 2.42. The Morgan fingerprint density at radius 3 is 2.31 bits per heavy atom. The van der Waals surface area contributed by atoms with Crippen LogP contribution in [-0.4, -0.2) is 32.6 Å². The second-order valence-electron chi connectivity index (χ2n) is 7.07. The first-order chi connectivity index (χ1) is 14.0. The summed E-state index contributed by atoms with van der Waals surface area (Å²) < 4.78 is 16.0. The minimum atomic E-state index is -0.840. The Kier molecular flexibility index (Phi) is 6.37. The standard InChI is InChI=1S/C24H26O5/c1-5-29-24(26)23-21(20-9-7-6-8-15(20)2)12-17(13-22(23)25)16-10-18(27-3)14-19(11-16)28-4/h6-11,13-14,21,23H,5,12H2,1-4H3/t21-,23+/m0/s1. The van der Waals surface area contributed by atoms with Gasteiger partial charge < -0.3 is 14.2 Å². The molecule has 0 fully saturated rings. The topological polar surface area (TPSA) is 61.8 Å². The number of rotatable bonds is 6. The zero-order chi connectivity index (χ0) is 21.0. The van der Waals surface area contributed by atoms with Gasteiger partial charge in [-0.3, -0.25) is 9.59 Å². The van der Waals surface area contributed by atoms with Gasteiger partial charge >= 0.3 is 5.97 Å². The monoisotopic (exact) mass is 394 g/mol. The van der Waals surface area contributed by atoms with E-state index in [0.29, 0.717) is 17.9 Å².